The molecule has 3 N–H and O–H groups in total. The summed E-state index contributed by atoms with van der Waals surface area (Å²) in [5, 5.41) is 9.43. The second-order valence-corrected chi connectivity index (χ2v) is 4.13. The molecule has 5 heteroatoms. The van der Waals surface area contributed by atoms with Gasteiger partial charge in [0.2, 0.25) is 0 Å². The number of hydrogen-bond donors (Lipinski definition) is 2. The SMILES string of the molecule is Nc1nc(-c2ccccn2)c(CCO)s1. The average molecular weight is 221 g/mol. The van der Waals surface area contributed by atoms with Crippen molar-refractivity contribution in [2.45, 2.75) is 6.42 Å². The van der Waals surface area contributed by atoms with Crippen molar-refractivity contribution in [2.24, 2.45) is 0 Å². The number of aromatic nitrogens is 2. The van der Waals surface area contributed by atoms with E-state index in [-0.39, 0.29) is 6.61 Å². The monoisotopic (exact) mass is 221 g/mol. The van der Waals surface area contributed by atoms with Crippen LogP contribution in [0.5, 0.6) is 0 Å². The van der Waals surface area contributed by atoms with Crippen molar-refractivity contribution in [2.75, 3.05) is 12.3 Å². The molecule has 2 heterocycles. The van der Waals surface area contributed by atoms with Crippen molar-refractivity contribution in [3.8, 4) is 11.4 Å². The van der Waals surface area contributed by atoms with Gasteiger partial charge in [-0.3, -0.25) is 4.98 Å². The molecule has 0 aliphatic carbocycles. The second-order valence-electron chi connectivity index (χ2n) is 3.01. The molecule has 0 aliphatic heterocycles. The Labute approximate surface area is 91.4 Å². The first kappa shape index (κ1) is 10.1. The van der Waals surface area contributed by atoms with Crippen molar-refractivity contribution in [3.05, 3.63) is 29.3 Å². The standard InChI is InChI=1S/C10H11N3OS/c11-10-13-9(8(15-10)4-6-14)7-3-1-2-5-12-7/h1-3,5,14H,4,6H2,(H2,11,13). The van der Waals surface area contributed by atoms with Crippen LogP contribution in [0.1, 0.15) is 4.88 Å². The highest BCUT2D eigenvalue weighted by atomic mass is 32.1. The number of nitrogen functional groups attached to an aromatic ring is 1. The van der Waals surface area contributed by atoms with E-state index in [1.807, 2.05) is 18.2 Å². The van der Waals surface area contributed by atoms with E-state index in [1.165, 1.54) is 11.3 Å². The van der Waals surface area contributed by atoms with E-state index in [4.69, 9.17) is 10.8 Å². The lowest BCUT2D eigenvalue weighted by Crippen LogP contribution is -1.92. The number of pyridine rings is 1. The molecule has 2 aromatic heterocycles. The third-order valence-corrected chi connectivity index (χ3v) is 2.90. The Bertz CT molecular complexity index is 441. The molecule has 0 radical (unpaired) electrons. The molecular formula is C10H11N3OS. The number of hydrogen-bond acceptors (Lipinski definition) is 5. The van der Waals surface area contributed by atoms with Crippen molar-refractivity contribution in [1.29, 1.82) is 0 Å². The zero-order valence-corrected chi connectivity index (χ0v) is 8.87. The van der Waals surface area contributed by atoms with Gasteiger partial charge in [-0.15, -0.1) is 11.3 Å². The lowest BCUT2D eigenvalue weighted by Gasteiger charge is -1.98. The van der Waals surface area contributed by atoms with Gasteiger partial charge < -0.3 is 10.8 Å². The van der Waals surface area contributed by atoms with Gasteiger partial charge in [0.1, 0.15) is 5.69 Å². The Morgan fingerprint density at radius 2 is 2.27 bits per heavy atom. The van der Waals surface area contributed by atoms with Crippen molar-refractivity contribution in [3.63, 3.8) is 0 Å². The first-order chi connectivity index (χ1) is 7.31. The topological polar surface area (TPSA) is 72.0 Å². The molecule has 0 fully saturated rings. The lowest BCUT2D eigenvalue weighted by molar-refractivity contribution is 0.300. The van der Waals surface area contributed by atoms with Crippen LogP contribution in [0.15, 0.2) is 24.4 Å². The minimum absolute atomic E-state index is 0.0987. The first-order valence-corrected chi connectivity index (χ1v) is 5.40. The van der Waals surface area contributed by atoms with E-state index in [2.05, 4.69) is 9.97 Å². The maximum absolute atomic E-state index is 8.92. The molecule has 0 bridgehead atoms. The Kier molecular flexibility index (Phi) is 2.94. The third-order valence-electron chi connectivity index (χ3n) is 1.96. The normalized spacial score (nSPS) is 10.5. The van der Waals surface area contributed by atoms with Crippen LogP contribution >= 0.6 is 11.3 Å². The van der Waals surface area contributed by atoms with Gasteiger partial charge in [-0.25, -0.2) is 4.98 Å². The molecule has 2 aromatic rings. The number of anilines is 1. The summed E-state index contributed by atoms with van der Waals surface area (Å²) in [5.74, 6) is 0. The Balaban J connectivity index is 2.43. The Morgan fingerprint density at radius 3 is 2.93 bits per heavy atom. The summed E-state index contributed by atoms with van der Waals surface area (Å²) in [6, 6.07) is 5.64. The minimum Gasteiger partial charge on any atom is -0.396 e. The first-order valence-electron chi connectivity index (χ1n) is 4.58. The Hall–Kier alpha value is -1.46. The molecule has 0 unspecified atom stereocenters. The van der Waals surface area contributed by atoms with Crippen LogP contribution in [-0.2, 0) is 6.42 Å². The van der Waals surface area contributed by atoms with Gasteiger partial charge >= 0.3 is 0 Å². The lowest BCUT2D eigenvalue weighted by atomic mass is 10.2. The number of nitrogens with zero attached hydrogens (tertiary/aromatic N) is 2. The van der Waals surface area contributed by atoms with Gasteiger partial charge in [0.25, 0.3) is 0 Å². The summed E-state index contributed by atoms with van der Waals surface area (Å²) in [6.45, 7) is 0.0987. The van der Waals surface area contributed by atoms with Gasteiger partial charge in [-0.05, 0) is 12.1 Å². The number of thiazole rings is 1. The van der Waals surface area contributed by atoms with E-state index in [0.717, 1.165) is 16.3 Å². The van der Waals surface area contributed by atoms with E-state index in [9.17, 15) is 0 Å². The minimum atomic E-state index is 0.0987. The highest BCUT2D eigenvalue weighted by Crippen LogP contribution is 2.28. The molecule has 4 nitrogen and oxygen atoms in total. The quantitative estimate of drug-likeness (QED) is 0.820. The van der Waals surface area contributed by atoms with Gasteiger partial charge in [-0.1, -0.05) is 6.07 Å². The molecule has 0 saturated carbocycles. The molecule has 0 atom stereocenters. The van der Waals surface area contributed by atoms with E-state index in [1.54, 1.807) is 6.20 Å². The largest absolute Gasteiger partial charge is 0.396 e. The zero-order valence-electron chi connectivity index (χ0n) is 8.05. The van der Waals surface area contributed by atoms with E-state index in [0.29, 0.717) is 11.6 Å². The number of aliphatic hydroxyl groups is 1. The highest BCUT2D eigenvalue weighted by molar-refractivity contribution is 7.15. The van der Waals surface area contributed by atoms with E-state index >= 15 is 0 Å². The van der Waals surface area contributed by atoms with Crippen molar-refractivity contribution < 1.29 is 5.11 Å². The number of nitrogens with two attached hydrogens (primary N) is 1. The summed E-state index contributed by atoms with van der Waals surface area (Å²) in [4.78, 5) is 9.41. The molecule has 15 heavy (non-hydrogen) atoms. The molecule has 0 spiro atoms. The summed E-state index contributed by atoms with van der Waals surface area (Å²) in [7, 11) is 0. The second kappa shape index (κ2) is 4.37. The molecule has 2 rings (SSSR count). The highest BCUT2D eigenvalue weighted by Gasteiger charge is 2.11. The molecule has 0 aliphatic rings. The van der Waals surface area contributed by atoms with Gasteiger partial charge in [0, 0.05) is 24.1 Å². The van der Waals surface area contributed by atoms with Crippen LogP contribution in [0.3, 0.4) is 0 Å². The van der Waals surface area contributed by atoms with Crippen LogP contribution < -0.4 is 5.73 Å². The molecular weight excluding hydrogens is 210 g/mol. The van der Waals surface area contributed by atoms with Crippen LogP contribution in [-0.4, -0.2) is 21.7 Å². The molecule has 0 amide bonds. The third kappa shape index (κ3) is 2.14. The van der Waals surface area contributed by atoms with E-state index < -0.39 is 0 Å². The van der Waals surface area contributed by atoms with Crippen molar-refractivity contribution in [1.82, 2.24) is 9.97 Å². The van der Waals surface area contributed by atoms with Gasteiger partial charge in [0.05, 0.1) is 5.69 Å². The smallest absolute Gasteiger partial charge is 0.180 e. The summed E-state index contributed by atoms with van der Waals surface area (Å²) in [5.41, 5.74) is 7.23. The molecule has 0 saturated heterocycles. The van der Waals surface area contributed by atoms with Crippen LogP contribution in [0.4, 0.5) is 5.13 Å². The summed E-state index contributed by atoms with van der Waals surface area (Å²) >= 11 is 1.40. The predicted octanol–water partition coefficient (Wildman–Crippen LogP) is 1.32. The average Bonchev–Trinajstić information content (AvgIpc) is 2.62. The van der Waals surface area contributed by atoms with Crippen LogP contribution in [0, 0.1) is 0 Å². The fourth-order valence-electron chi connectivity index (χ4n) is 1.34. The predicted molar refractivity (Wildman–Crippen MR) is 60.5 cm³/mol. The van der Waals surface area contributed by atoms with Crippen molar-refractivity contribution >= 4 is 16.5 Å². The fourth-order valence-corrected chi connectivity index (χ4v) is 2.17. The molecule has 0 aromatic carbocycles. The summed E-state index contributed by atoms with van der Waals surface area (Å²) < 4.78 is 0. The van der Waals surface area contributed by atoms with Crippen LogP contribution in [0.25, 0.3) is 11.4 Å². The maximum Gasteiger partial charge on any atom is 0.180 e. The molecule has 78 valence electrons. The Morgan fingerprint density at radius 1 is 1.40 bits per heavy atom. The number of aliphatic hydroxyl groups excluding tert-OH is 1. The number of rotatable bonds is 3. The van der Waals surface area contributed by atoms with Gasteiger partial charge in [-0.2, -0.15) is 0 Å². The fraction of sp³-hybridized carbons (Fsp3) is 0.200. The van der Waals surface area contributed by atoms with Gasteiger partial charge in [0.15, 0.2) is 5.13 Å². The van der Waals surface area contributed by atoms with Crippen LogP contribution in [0.2, 0.25) is 0 Å². The summed E-state index contributed by atoms with van der Waals surface area (Å²) in [6.07, 6.45) is 2.29. The maximum atomic E-state index is 8.92. The zero-order chi connectivity index (χ0) is 10.7.